The zero-order chi connectivity index (χ0) is 19.2. The van der Waals surface area contributed by atoms with Crippen molar-refractivity contribution in [2.75, 3.05) is 26.7 Å². The second kappa shape index (κ2) is 9.34. The lowest BCUT2D eigenvalue weighted by atomic mass is 10.1. The van der Waals surface area contributed by atoms with E-state index in [2.05, 4.69) is 22.0 Å². The van der Waals surface area contributed by atoms with Gasteiger partial charge in [0, 0.05) is 12.1 Å². The first-order valence-electron chi connectivity index (χ1n) is 9.03. The molecule has 26 heavy (non-hydrogen) atoms. The number of piperidine rings is 1. The summed E-state index contributed by atoms with van der Waals surface area (Å²) in [7, 11) is -1.46. The summed E-state index contributed by atoms with van der Waals surface area (Å²) in [5.41, 5.74) is 0. The molecule has 2 rings (SSSR count). The maximum Gasteiger partial charge on any atom is 0.258 e. The molecule has 8 heteroatoms. The summed E-state index contributed by atoms with van der Waals surface area (Å²) >= 11 is 0. The van der Waals surface area contributed by atoms with E-state index < -0.39 is 10.0 Å². The van der Waals surface area contributed by atoms with Crippen molar-refractivity contribution in [1.29, 1.82) is 0 Å². The highest BCUT2D eigenvalue weighted by atomic mass is 32.2. The predicted molar refractivity (Wildman–Crippen MR) is 101 cm³/mol. The number of hydrogen-bond acceptors (Lipinski definition) is 5. The molecule has 1 aromatic rings. The fraction of sp³-hybridized carbons (Fsp3) is 0.611. The fourth-order valence-corrected chi connectivity index (χ4v) is 4.03. The summed E-state index contributed by atoms with van der Waals surface area (Å²) in [5.74, 6) is 0.306. The summed E-state index contributed by atoms with van der Waals surface area (Å²) in [6, 6.07) is 6.16. The lowest BCUT2D eigenvalue weighted by Crippen LogP contribution is -2.44. The van der Waals surface area contributed by atoms with E-state index in [1.165, 1.54) is 12.1 Å². The Kier molecular flexibility index (Phi) is 7.43. The maximum atomic E-state index is 12.2. The quantitative estimate of drug-likeness (QED) is 0.708. The summed E-state index contributed by atoms with van der Waals surface area (Å²) in [5, 5.41) is 2.98. The Morgan fingerprint density at radius 3 is 2.46 bits per heavy atom. The van der Waals surface area contributed by atoms with Gasteiger partial charge in [-0.1, -0.05) is 6.92 Å². The van der Waals surface area contributed by atoms with E-state index in [-0.39, 0.29) is 29.5 Å². The minimum Gasteiger partial charge on any atom is -0.484 e. The Morgan fingerprint density at radius 1 is 1.27 bits per heavy atom. The predicted octanol–water partition coefficient (Wildman–Crippen LogP) is 1.35. The molecule has 0 bridgehead atoms. The first-order chi connectivity index (χ1) is 12.3. The number of rotatable bonds is 8. The van der Waals surface area contributed by atoms with Crippen LogP contribution in [-0.2, 0) is 14.8 Å². The first kappa shape index (κ1) is 20.7. The van der Waals surface area contributed by atoms with Gasteiger partial charge in [-0.2, -0.15) is 0 Å². The molecule has 1 aliphatic heterocycles. The number of ether oxygens (including phenoxy) is 1. The molecule has 1 amide bonds. The third-order valence-electron chi connectivity index (χ3n) is 4.56. The summed E-state index contributed by atoms with van der Waals surface area (Å²) in [6.07, 6.45) is 2.60. The van der Waals surface area contributed by atoms with Crippen molar-refractivity contribution >= 4 is 15.9 Å². The molecule has 1 aromatic carbocycles. The Morgan fingerprint density at radius 2 is 1.88 bits per heavy atom. The monoisotopic (exact) mass is 383 g/mol. The third kappa shape index (κ3) is 6.26. The number of benzene rings is 1. The van der Waals surface area contributed by atoms with Crippen LogP contribution in [0.5, 0.6) is 5.75 Å². The molecule has 1 aliphatic rings. The van der Waals surface area contributed by atoms with Gasteiger partial charge in [0.05, 0.1) is 4.90 Å². The molecule has 146 valence electrons. The Bertz CT molecular complexity index is 683. The van der Waals surface area contributed by atoms with Crippen LogP contribution in [0.4, 0.5) is 0 Å². The Hall–Kier alpha value is -1.64. The minimum absolute atomic E-state index is 0.0798. The van der Waals surface area contributed by atoms with Crippen molar-refractivity contribution in [2.24, 2.45) is 0 Å². The molecule has 1 saturated heterocycles. The summed E-state index contributed by atoms with van der Waals surface area (Å²) in [4.78, 5) is 14.4. The second-order valence-electron chi connectivity index (χ2n) is 6.84. The van der Waals surface area contributed by atoms with Crippen LogP contribution in [-0.4, -0.2) is 58.1 Å². The standard InChI is InChI=1S/C18H29N3O4S/c1-4-14(2)20-26(23,24)17-7-5-16(6-8-17)25-13-18(22)19-15-9-11-21(3)12-10-15/h5-8,14-15,20H,4,9-13H2,1-3H3,(H,19,22)/t14-/m1/s1. The lowest BCUT2D eigenvalue weighted by Gasteiger charge is -2.29. The number of hydrogen-bond donors (Lipinski definition) is 2. The molecule has 0 saturated carbocycles. The number of nitrogens with zero attached hydrogens (tertiary/aromatic N) is 1. The Labute approximate surface area is 156 Å². The molecule has 0 aromatic heterocycles. The van der Waals surface area contributed by atoms with E-state index in [1.54, 1.807) is 12.1 Å². The van der Waals surface area contributed by atoms with Crippen LogP contribution in [0.15, 0.2) is 29.2 Å². The maximum absolute atomic E-state index is 12.2. The Balaban J connectivity index is 1.82. The molecular weight excluding hydrogens is 354 g/mol. The van der Waals surface area contributed by atoms with Crippen LogP contribution in [0.1, 0.15) is 33.1 Å². The topological polar surface area (TPSA) is 87.7 Å². The van der Waals surface area contributed by atoms with Gasteiger partial charge in [0.2, 0.25) is 10.0 Å². The van der Waals surface area contributed by atoms with Crippen LogP contribution in [0, 0.1) is 0 Å². The van der Waals surface area contributed by atoms with Crippen LogP contribution in [0.2, 0.25) is 0 Å². The second-order valence-corrected chi connectivity index (χ2v) is 8.55. The molecule has 0 unspecified atom stereocenters. The summed E-state index contributed by atoms with van der Waals surface area (Å²) in [6.45, 7) is 5.61. The highest BCUT2D eigenvalue weighted by Crippen LogP contribution is 2.16. The molecule has 0 radical (unpaired) electrons. The van der Waals surface area contributed by atoms with E-state index >= 15 is 0 Å². The summed E-state index contributed by atoms with van der Waals surface area (Å²) < 4.78 is 32.5. The van der Waals surface area contributed by atoms with Gasteiger partial charge in [-0.15, -0.1) is 0 Å². The molecule has 1 atom stereocenters. The van der Waals surface area contributed by atoms with Crippen molar-refractivity contribution in [2.45, 2.75) is 50.1 Å². The van der Waals surface area contributed by atoms with Crippen molar-refractivity contribution < 1.29 is 17.9 Å². The highest BCUT2D eigenvalue weighted by Gasteiger charge is 2.19. The molecule has 7 nitrogen and oxygen atoms in total. The largest absolute Gasteiger partial charge is 0.484 e. The van der Waals surface area contributed by atoms with Gasteiger partial charge in [0.15, 0.2) is 6.61 Å². The number of sulfonamides is 1. The van der Waals surface area contributed by atoms with Gasteiger partial charge >= 0.3 is 0 Å². The number of carbonyl (C=O) groups excluding carboxylic acids is 1. The lowest BCUT2D eigenvalue weighted by molar-refractivity contribution is -0.124. The van der Waals surface area contributed by atoms with Gasteiger partial charge in [0.25, 0.3) is 5.91 Å². The van der Waals surface area contributed by atoms with E-state index in [1.807, 2.05) is 13.8 Å². The SMILES string of the molecule is CC[C@@H](C)NS(=O)(=O)c1ccc(OCC(=O)NC2CCN(C)CC2)cc1. The molecule has 1 heterocycles. The first-order valence-corrected chi connectivity index (χ1v) is 10.5. The van der Waals surface area contributed by atoms with E-state index in [0.29, 0.717) is 12.2 Å². The van der Waals surface area contributed by atoms with Crippen LogP contribution in [0.3, 0.4) is 0 Å². The van der Waals surface area contributed by atoms with E-state index in [0.717, 1.165) is 25.9 Å². The van der Waals surface area contributed by atoms with Crippen LogP contribution >= 0.6 is 0 Å². The van der Waals surface area contributed by atoms with Gasteiger partial charge in [-0.05, 0) is 70.6 Å². The van der Waals surface area contributed by atoms with E-state index in [4.69, 9.17) is 4.74 Å². The van der Waals surface area contributed by atoms with Crippen LogP contribution < -0.4 is 14.8 Å². The van der Waals surface area contributed by atoms with Crippen molar-refractivity contribution in [3.8, 4) is 5.75 Å². The molecular formula is C18H29N3O4S. The van der Waals surface area contributed by atoms with Gasteiger partial charge in [-0.25, -0.2) is 13.1 Å². The number of likely N-dealkylation sites (tertiary alicyclic amines) is 1. The van der Waals surface area contributed by atoms with Crippen molar-refractivity contribution in [3.63, 3.8) is 0 Å². The molecule has 1 fully saturated rings. The number of amides is 1. The zero-order valence-corrected chi connectivity index (χ0v) is 16.5. The molecule has 0 aliphatic carbocycles. The minimum atomic E-state index is -3.53. The van der Waals surface area contributed by atoms with Crippen molar-refractivity contribution in [1.82, 2.24) is 14.9 Å². The molecule has 2 N–H and O–H groups in total. The van der Waals surface area contributed by atoms with Gasteiger partial charge in [0.1, 0.15) is 5.75 Å². The highest BCUT2D eigenvalue weighted by molar-refractivity contribution is 7.89. The number of nitrogens with one attached hydrogen (secondary N) is 2. The zero-order valence-electron chi connectivity index (χ0n) is 15.7. The smallest absolute Gasteiger partial charge is 0.258 e. The number of carbonyl (C=O) groups is 1. The average molecular weight is 384 g/mol. The average Bonchev–Trinajstić information content (AvgIpc) is 2.62. The van der Waals surface area contributed by atoms with Crippen molar-refractivity contribution in [3.05, 3.63) is 24.3 Å². The fourth-order valence-electron chi connectivity index (χ4n) is 2.70. The van der Waals surface area contributed by atoms with E-state index in [9.17, 15) is 13.2 Å². The van der Waals surface area contributed by atoms with Crippen LogP contribution in [0.25, 0.3) is 0 Å². The normalized spacial score (nSPS) is 17.7. The van der Waals surface area contributed by atoms with Gasteiger partial charge < -0.3 is 15.0 Å². The van der Waals surface area contributed by atoms with Gasteiger partial charge in [-0.3, -0.25) is 4.79 Å². The molecule has 0 spiro atoms. The third-order valence-corrected chi connectivity index (χ3v) is 6.16.